The highest BCUT2D eigenvalue weighted by molar-refractivity contribution is 5.93. The summed E-state index contributed by atoms with van der Waals surface area (Å²) in [5.41, 5.74) is 0.942. The SMILES string of the molecule is C#Cc1ccc(C(C)NC(=O)[C@@H]2C[C@@H](O)CN2C(=O)C(NC(=O)CCCCCC(=O)O)C(C)(C)C)cc1. The third-order valence-corrected chi connectivity index (χ3v) is 6.51. The molecular weight excluding hydrogens is 474 g/mol. The van der Waals surface area contributed by atoms with Crippen molar-refractivity contribution in [3.05, 3.63) is 35.4 Å². The number of carboxylic acids is 1. The number of nitrogens with one attached hydrogen (secondary N) is 2. The van der Waals surface area contributed by atoms with Crippen LogP contribution in [0.1, 0.15) is 83.4 Å². The molecule has 1 aromatic carbocycles. The van der Waals surface area contributed by atoms with E-state index >= 15 is 0 Å². The highest BCUT2D eigenvalue weighted by atomic mass is 16.4. The minimum absolute atomic E-state index is 0.000192. The predicted octanol–water partition coefficient (Wildman–Crippen LogP) is 2.37. The van der Waals surface area contributed by atoms with Crippen LogP contribution in [-0.4, -0.2) is 63.5 Å². The fourth-order valence-corrected chi connectivity index (χ4v) is 4.35. The van der Waals surface area contributed by atoms with Crippen molar-refractivity contribution >= 4 is 23.7 Å². The average Bonchev–Trinajstić information content (AvgIpc) is 3.22. The second-order valence-corrected chi connectivity index (χ2v) is 10.7. The van der Waals surface area contributed by atoms with Gasteiger partial charge in [0.15, 0.2) is 0 Å². The van der Waals surface area contributed by atoms with Gasteiger partial charge in [-0.15, -0.1) is 6.42 Å². The molecule has 0 bridgehead atoms. The van der Waals surface area contributed by atoms with Crippen LogP contribution in [0.15, 0.2) is 24.3 Å². The summed E-state index contributed by atoms with van der Waals surface area (Å²) in [5.74, 6) is 0.566. The molecule has 0 saturated carbocycles. The summed E-state index contributed by atoms with van der Waals surface area (Å²) in [7, 11) is 0. The zero-order valence-corrected chi connectivity index (χ0v) is 22.1. The molecule has 0 radical (unpaired) electrons. The lowest BCUT2D eigenvalue weighted by atomic mass is 9.85. The number of terminal acetylenes is 1. The molecule has 1 aliphatic rings. The lowest BCUT2D eigenvalue weighted by molar-refractivity contribution is -0.144. The van der Waals surface area contributed by atoms with Gasteiger partial charge in [-0.2, -0.15) is 0 Å². The molecule has 0 spiro atoms. The topological polar surface area (TPSA) is 136 Å². The first kappa shape index (κ1) is 29.8. The van der Waals surface area contributed by atoms with Gasteiger partial charge < -0.3 is 25.7 Å². The monoisotopic (exact) mass is 513 g/mol. The van der Waals surface area contributed by atoms with Gasteiger partial charge in [0, 0.05) is 31.4 Å². The first-order chi connectivity index (χ1) is 17.3. The van der Waals surface area contributed by atoms with Crippen LogP contribution in [0.3, 0.4) is 0 Å². The Balaban J connectivity index is 2.06. The molecule has 1 aliphatic heterocycles. The van der Waals surface area contributed by atoms with Crippen LogP contribution in [0.4, 0.5) is 0 Å². The van der Waals surface area contributed by atoms with E-state index in [9.17, 15) is 24.3 Å². The van der Waals surface area contributed by atoms with E-state index in [0.29, 0.717) is 19.3 Å². The smallest absolute Gasteiger partial charge is 0.303 e. The molecule has 37 heavy (non-hydrogen) atoms. The van der Waals surface area contributed by atoms with Crippen molar-refractivity contribution in [1.82, 2.24) is 15.5 Å². The maximum absolute atomic E-state index is 13.6. The summed E-state index contributed by atoms with van der Waals surface area (Å²) in [6.07, 6.45) is 6.47. The second kappa shape index (κ2) is 13.2. The Morgan fingerprint density at radius 1 is 1.08 bits per heavy atom. The number of hydrogen-bond acceptors (Lipinski definition) is 5. The van der Waals surface area contributed by atoms with Gasteiger partial charge >= 0.3 is 5.97 Å². The van der Waals surface area contributed by atoms with Gasteiger partial charge in [0.1, 0.15) is 12.1 Å². The number of aliphatic carboxylic acids is 1. The van der Waals surface area contributed by atoms with Gasteiger partial charge in [-0.05, 0) is 42.9 Å². The number of carbonyl (C=O) groups excluding carboxylic acids is 3. The number of benzene rings is 1. The standard InChI is InChI=1S/C28H39N3O6/c1-6-19-12-14-20(15-13-19)18(2)29-26(36)22-16-21(32)17-31(22)27(37)25(28(3,4)5)30-23(33)10-8-7-9-11-24(34)35/h1,12-15,18,21-22,25,32H,7-11,16-17H2,2-5H3,(H,29,36)(H,30,33)(H,34,35)/t18?,21-,22+,25?/m1/s1. The van der Waals surface area contributed by atoms with E-state index in [-0.39, 0.29) is 43.7 Å². The number of aliphatic hydroxyl groups is 1. The molecule has 202 valence electrons. The third kappa shape index (κ3) is 8.90. The molecule has 1 aromatic rings. The van der Waals surface area contributed by atoms with Gasteiger partial charge in [0.25, 0.3) is 0 Å². The molecule has 1 heterocycles. The van der Waals surface area contributed by atoms with E-state index < -0.39 is 35.5 Å². The van der Waals surface area contributed by atoms with Crippen molar-refractivity contribution in [2.75, 3.05) is 6.54 Å². The molecule has 1 fully saturated rings. The first-order valence-electron chi connectivity index (χ1n) is 12.7. The molecular formula is C28H39N3O6. The first-order valence-corrected chi connectivity index (χ1v) is 12.7. The van der Waals surface area contributed by atoms with Crippen molar-refractivity contribution < 1.29 is 29.4 Å². The van der Waals surface area contributed by atoms with Crippen LogP contribution >= 0.6 is 0 Å². The molecule has 4 N–H and O–H groups in total. The predicted molar refractivity (Wildman–Crippen MR) is 139 cm³/mol. The Kier molecular flexibility index (Phi) is 10.7. The molecule has 0 aliphatic carbocycles. The van der Waals surface area contributed by atoms with Gasteiger partial charge in [-0.3, -0.25) is 19.2 Å². The number of β-amino-alcohol motifs (C(OH)–C–C–N with tert-alkyl or cyclic N) is 1. The van der Waals surface area contributed by atoms with Crippen molar-refractivity contribution in [1.29, 1.82) is 0 Å². The summed E-state index contributed by atoms with van der Waals surface area (Å²) in [4.78, 5) is 51.4. The molecule has 3 amide bonds. The summed E-state index contributed by atoms with van der Waals surface area (Å²) in [6, 6.07) is 5.14. The van der Waals surface area contributed by atoms with E-state index in [0.717, 1.165) is 11.1 Å². The van der Waals surface area contributed by atoms with E-state index in [1.54, 1.807) is 12.1 Å². The maximum atomic E-state index is 13.6. The maximum Gasteiger partial charge on any atom is 0.303 e. The molecule has 1 saturated heterocycles. The zero-order valence-electron chi connectivity index (χ0n) is 22.1. The van der Waals surface area contributed by atoms with Crippen LogP contribution < -0.4 is 10.6 Å². The quantitative estimate of drug-likeness (QED) is 0.265. The second-order valence-electron chi connectivity index (χ2n) is 10.7. The number of aliphatic hydroxyl groups excluding tert-OH is 1. The number of carboxylic acid groups (broad SMARTS) is 1. The highest BCUT2D eigenvalue weighted by Gasteiger charge is 2.44. The Bertz CT molecular complexity index is 1010. The van der Waals surface area contributed by atoms with E-state index in [1.807, 2.05) is 39.8 Å². The minimum Gasteiger partial charge on any atom is -0.481 e. The average molecular weight is 514 g/mol. The van der Waals surface area contributed by atoms with Crippen molar-refractivity contribution in [2.24, 2.45) is 5.41 Å². The Morgan fingerprint density at radius 3 is 2.27 bits per heavy atom. The van der Waals surface area contributed by atoms with Crippen LogP contribution in [0.2, 0.25) is 0 Å². The number of likely N-dealkylation sites (tertiary alicyclic amines) is 1. The van der Waals surface area contributed by atoms with Crippen molar-refractivity contribution in [3.63, 3.8) is 0 Å². The molecule has 4 atom stereocenters. The van der Waals surface area contributed by atoms with Gasteiger partial charge in [0.05, 0.1) is 12.1 Å². The van der Waals surface area contributed by atoms with Crippen molar-refractivity contribution in [2.45, 2.75) is 90.4 Å². The molecule has 0 aromatic heterocycles. The number of nitrogens with zero attached hydrogens (tertiary/aromatic N) is 1. The number of carbonyl (C=O) groups is 4. The minimum atomic E-state index is -0.895. The van der Waals surface area contributed by atoms with Crippen LogP contribution in [0, 0.1) is 17.8 Å². The van der Waals surface area contributed by atoms with Crippen LogP contribution in [0.25, 0.3) is 0 Å². The fourth-order valence-electron chi connectivity index (χ4n) is 4.35. The lowest BCUT2D eigenvalue weighted by Crippen LogP contribution is -2.57. The summed E-state index contributed by atoms with van der Waals surface area (Å²) in [5, 5.41) is 24.8. The zero-order chi connectivity index (χ0) is 27.8. The molecule has 2 unspecified atom stereocenters. The highest BCUT2D eigenvalue weighted by Crippen LogP contribution is 2.27. The normalized spacial score (nSPS) is 19.0. The number of unbranched alkanes of at least 4 members (excludes halogenated alkanes) is 2. The largest absolute Gasteiger partial charge is 0.481 e. The van der Waals surface area contributed by atoms with E-state index in [2.05, 4.69) is 16.6 Å². The fraction of sp³-hybridized carbons (Fsp3) is 0.571. The number of rotatable bonds is 11. The Labute approximate surface area is 219 Å². The van der Waals surface area contributed by atoms with E-state index in [4.69, 9.17) is 11.5 Å². The molecule has 2 rings (SSSR count). The summed E-state index contributed by atoms with van der Waals surface area (Å²) < 4.78 is 0. The van der Waals surface area contributed by atoms with E-state index in [1.165, 1.54) is 4.90 Å². The van der Waals surface area contributed by atoms with Crippen LogP contribution in [0.5, 0.6) is 0 Å². The Hall–Kier alpha value is -3.38. The van der Waals surface area contributed by atoms with Crippen molar-refractivity contribution in [3.8, 4) is 12.3 Å². The third-order valence-electron chi connectivity index (χ3n) is 6.51. The van der Waals surface area contributed by atoms with Gasteiger partial charge in [-0.25, -0.2) is 0 Å². The molecule has 9 nitrogen and oxygen atoms in total. The molecule has 9 heteroatoms. The lowest BCUT2D eigenvalue weighted by Gasteiger charge is -2.35. The van der Waals surface area contributed by atoms with Gasteiger partial charge in [-0.1, -0.05) is 45.2 Å². The number of hydrogen-bond donors (Lipinski definition) is 4. The summed E-state index contributed by atoms with van der Waals surface area (Å²) in [6.45, 7) is 7.30. The Morgan fingerprint density at radius 2 is 1.70 bits per heavy atom. The number of amides is 3. The van der Waals surface area contributed by atoms with Gasteiger partial charge in [0.2, 0.25) is 17.7 Å². The summed E-state index contributed by atoms with van der Waals surface area (Å²) >= 11 is 0. The van der Waals surface area contributed by atoms with Crippen LogP contribution in [-0.2, 0) is 19.2 Å².